The third-order valence-corrected chi connectivity index (χ3v) is 4.76. The summed E-state index contributed by atoms with van der Waals surface area (Å²) in [5.41, 5.74) is 6.11. The number of hydrogen-bond acceptors (Lipinski definition) is 8. The van der Waals surface area contributed by atoms with Crippen LogP contribution >= 0.6 is 0 Å². The Bertz CT molecular complexity index is 821. The van der Waals surface area contributed by atoms with E-state index in [1.807, 2.05) is 0 Å². The quantitative estimate of drug-likeness (QED) is 0.306. The van der Waals surface area contributed by atoms with Gasteiger partial charge >= 0.3 is 5.97 Å². The molecule has 1 atom stereocenters. The predicted molar refractivity (Wildman–Crippen MR) is 119 cm³/mol. The Hall–Kier alpha value is -2.69. The van der Waals surface area contributed by atoms with Crippen LogP contribution in [0.5, 0.6) is 5.75 Å². The van der Waals surface area contributed by atoms with Crippen molar-refractivity contribution in [1.82, 2.24) is 4.90 Å². The summed E-state index contributed by atoms with van der Waals surface area (Å²) in [6.07, 6.45) is 0.0666. The maximum atomic E-state index is 12.8. The van der Waals surface area contributed by atoms with E-state index in [0.717, 1.165) is 5.56 Å². The van der Waals surface area contributed by atoms with Crippen molar-refractivity contribution < 1.29 is 38.4 Å². The molecule has 0 spiro atoms. The van der Waals surface area contributed by atoms with E-state index < -0.39 is 23.5 Å². The van der Waals surface area contributed by atoms with Crippen LogP contribution < -0.4 is 10.5 Å². The van der Waals surface area contributed by atoms with E-state index in [0.29, 0.717) is 37.7 Å². The third-order valence-electron chi connectivity index (χ3n) is 4.76. The summed E-state index contributed by atoms with van der Waals surface area (Å²) in [6, 6.07) is 4.18. The first kappa shape index (κ1) is 26.6. The van der Waals surface area contributed by atoms with Crippen molar-refractivity contribution in [3.8, 4) is 5.75 Å². The number of aliphatic hydroxyl groups is 1. The van der Waals surface area contributed by atoms with Crippen LogP contribution in [-0.2, 0) is 30.3 Å². The molecular formula is C23H34N2O8. The van der Waals surface area contributed by atoms with E-state index in [9.17, 15) is 14.4 Å². The lowest BCUT2D eigenvalue weighted by atomic mass is 10.1. The van der Waals surface area contributed by atoms with Gasteiger partial charge in [0.15, 0.2) is 0 Å². The minimum atomic E-state index is -0.914. The third kappa shape index (κ3) is 8.64. The topological polar surface area (TPSA) is 138 Å². The van der Waals surface area contributed by atoms with Gasteiger partial charge in [0.25, 0.3) is 5.91 Å². The molecule has 1 aliphatic rings. The normalized spacial score (nSPS) is 14.2. The average Bonchev–Trinajstić information content (AvgIpc) is 3.04. The molecule has 184 valence electrons. The molecule has 1 unspecified atom stereocenters. The second-order valence-electron chi connectivity index (χ2n) is 8.59. The lowest BCUT2D eigenvalue weighted by molar-refractivity contribution is -0.155. The number of carbonyl (C=O) groups is 3. The number of benzene rings is 1. The van der Waals surface area contributed by atoms with Gasteiger partial charge in [0, 0.05) is 18.5 Å². The maximum Gasteiger partial charge on any atom is 0.306 e. The molecule has 0 saturated carbocycles. The van der Waals surface area contributed by atoms with Gasteiger partial charge in [0.1, 0.15) is 24.0 Å². The predicted octanol–water partition coefficient (Wildman–Crippen LogP) is 1.02. The Balaban J connectivity index is 1.88. The first-order chi connectivity index (χ1) is 15.6. The molecule has 3 N–H and O–H groups in total. The number of nitrogens with zero attached hydrogens (tertiary/aromatic N) is 1. The standard InChI is InChI=1S/C23H34N2O8/c1-23(2,3)33-20(27)7-6-19(21(24)28)25-15-16-14-17(4-5-18(16)22(25)29)32-13-12-31-11-10-30-9-8-26/h4-5,14,19,26H,6-13,15H2,1-3H3,(H2,24,28). The van der Waals surface area contributed by atoms with Gasteiger partial charge in [-0.1, -0.05) is 0 Å². The minimum Gasteiger partial charge on any atom is -0.491 e. The van der Waals surface area contributed by atoms with E-state index in [4.69, 9.17) is 29.8 Å². The number of hydrogen-bond donors (Lipinski definition) is 2. The Morgan fingerprint density at radius 2 is 1.79 bits per heavy atom. The van der Waals surface area contributed by atoms with Crippen LogP contribution in [0.15, 0.2) is 18.2 Å². The number of ether oxygens (including phenoxy) is 4. The van der Waals surface area contributed by atoms with Crippen molar-refractivity contribution in [2.24, 2.45) is 5.73 Å². The Morgan fingerprint density at radius 1 is 1.12 bits per heavy atom. The Labute approximate surface area is 193 Å². The molecule has 0 bridgehead atoms. The second-order valence-corrected chi connectivity index (χ2v) is 8.59. The number of aliphatic hydroxyl groups excluding tert-OH is 1. The molecule has 0 saturated heterocycles. The van der Waals surface area contributed by atoms with Crippen molar-refractivity contribution in [3.05, 3.63) is 29.3 Å². The number of nitrogens with two attached hydrogens (primary N) is 1. The van der Waals surface area contributed by atoms with Gasteiger partial charge in [0.05, 0.1) is 33.0 Å². The van der Waals surface area contributed by atoms with E-state index in [-0.39, 0.29) is 38.5 Å². The minimum absolute atomic E-state index is 0.0225. The fraction of sp³-hybridized carbons (Fsp3) is 0.609. The number of esters is 1. The van der Waals surface area contributed by atoms with Crippen molar-refractivity contribution >= 4 is 17.8 Å². The molecule has 10 heteroatoms. The number of carbonyl (C=O) groups excluding carboxylic acids is 3. The van der Waals surface area contributed by atoms with Crippen LogP contribution in [0, 0.1) is 0 Å². The maximum absolute atomic E-state index is 12.8. The zero-order chi connectivity index (χ0) is 24.4. The summed E-state index contributed by atoms with van der Waals surface area (Å²) >= 11 is 0. The van der Waals surface area contributed by atoms with Crippen LogP contribution in [0.1, 0.15) is 49.5 Å². The number of primary amides is 1. The van der Waals surface area contributed by atoms with E-state index in [1.54, 1.807) is 39.0 Å². The van der Waals surface area contributed by atoms with Crippen molar-refractivity contribution in [2.45, 2.75) is 51.8 Å². The van der Waals surface area contributed by atoms with Gasteiger partial charge < -0.3 is 34.7 Å². The van der Waals surface area contributed by atoms with Gasteiger partial charge in [0.2, 0.25) is 5.91 Å². The molecule has 10 nitrogen and oxygen atoms in total. The fourth-order valence-corrected chi connectivity index (χ4v) is 3.36. The van der Waals surface area contributed by atoms with Gasteiger partial charge in [-0.25, -0.2) is 0 Å². The highest BCUT2D eigenvalue weighted by molar-refractivity contribution is 6.01. The SMILES string of the molecule is CC(C)(C)OC(=O)CCC(C(N)=O)N1Cc2cc(OCCOCCOCCO)ccc2C1=O. The molecule has 33 heavy (non-hydrogen) atoms. The van der Waals surface area contributed by atoms with E-state index in [2.05, 4.69) is 0 Å². The summed E-state index contributed by atoms with van der Waals surface area (Å²) in [5, 5.41) is 8.62. The molecule has 0 fully saturated rings. The lowest BCUT2D eigenvalue weighted by Gasteiger charge is -2.25. The molecule has 2 amide bonds. The molecule has 0 aliphatic carbocycles. The lowest BCUT2D eigenvalue weighted by Crippen LogP contribution is -2.45. The zero-order valence-electron chi connectivity index (χ0n) is 19.5. The highest BCUT2D eigenvalue weighted by atomic mass is 16.6. The van der Waals surface area contributed by atoms with Crippen molar-refractivity contribution in [2.75, 3.05) is 39.6 Å². The van der Waals surface area contributed by atoms with Gasteiger partial charge in [-0.2, -0.15) is 0 Å². The Morgan fingerprint density at radius 3 is 2.42 bits per heavy atom. The molecule has 0 radical (unpaired) electrons. The largest absolute Gasteiger partial charge is 0.491 e. The first-order valence-electron chi connectivity index (χ1n) is 11.0. The number of fused-ring (bicyclic) bond motifs is 1. The van der Waals surface area contributed by atoms with E-state index in [1.165, 1.54) is 4.90 Å². The molecule has 0 aromatic heterocycles. The summed E-state index contributed by atoms with van der Waals surface area (Å²) in [7, 11) is 0. The highest BCUT2D eigenvalue weighted by Crippen LogP contribution is 2.29. The van der Waals surface area contributed by atoms with Crippen LogP contribution in [0.4, 0.5) is 0 Å². The Kier molecular flexibility index (Phi) is 10.1. The molecule has 1 heterocycles. The van der Waals surface area contributed by atoms with Crippen LogP contribution in [0.3, 0.4) is 0 Å². The highest BCUT2D eigenvalue weighted by Gasteiger charge is 2.36. The summed E-state index contributed by atoms with van der Waals surface area (Å²) in [4.78, 5) is 38.3. The molecule has 1 aromatic rings. The monoisotopic (exact) mass is 466 g/mol. The van der Waals surface area contributed by atoms with Crippen molar-refractivity contribution in [1.29, 1.82) is 0 Å². The second kappa shape index (κ2) is 12.5. The molecule has 1 aliphatic heterocycles. The van der Waals surface area contributed by atoms with Gasteiger partial charge in [-0.3, -0.25) is 14.4 Å². The van der Waals surface area contributed by atoms with Crippen LogP contribution in [0.2, 0.25) is 0 Å². The molecule has 1 aromatic carbocycles. The summed E-state index contributed by atoms with van der Waals surface area (Å²) in [6.45, 7) is 7.21. The van der Waals surface area contributed by atoms with Gasteiger partial charge in [-0.15, -0.1) is 0 Å². The van der Waals surface area contributed by atoms with E-state index >= 15 is 0 Å². The molecular weight excluding hydrogens is 432 g/mol. The molecule has 2 rings (SSSR count). The summed E-state index contributed by atoms with van der Waals surface area (Å²) in [5.74, 6) is -0.851. The smallest absolute Gasteiger partial charge is 0.306 e. The number of rotatable bonds is 14. The number of amides is 2. The van der Waals surface area contributed by atoms with Crippen LogP contribution in [-0.4, -0.2) is 79.1 Å². The zero-order valence-corrected chi connectivity index (χ0v) is 19.5. The fourth-order valence-electron chi connectivity index (χ4n) is 3.36. The average molecular weight is 467 g/mol. The summed E-state index contributed by atoms with van der Waals surface area (Å²) < 4.78 is 21.4. The van der Waals surface area contributed by atoms with Gasteiger partial charge in [-0.05, 0) is 51.0 Å². The van der Waals surface area contributed by atoms with Crippen LogP contribution in [0.25, 0.3) is 0 Å². The van der Waals surface area contributed by atoms with Crippen molar-refractivity contribution in [3.63, 3.8) is 0 Å². The first-order valence-corrected chi connectivity index (χ1v) is 11.0.